The molecule has 1 amide bonds. The number of fused-ring (bicyclic) bond motifs is 1. The highest BCUT2D eigenvalue weighted by molar-refractivity contribution is 6.00. The van der Waals surface area contributed by atoms with Crippen molar-refractivity contribution in [2.45, 2.75) is 44.4 Å². The van der Waals surface area contributed by atoms with Crippen LogP contribution in [0.5, 0.6) is 0 Å². The van der Waals surface area contributed by atoms with Crippen LogP contribution in [0, 0.1) is 11.7 Å². The quantitative estimate of drug-likeness (QED) is 0.818. The second-order valence-electron chi connectivity index (χ2n) is 7.80. The normalized spacial score (nSPS) is 26.7. The molecule has 0 saturated heterocycles. The molecule has 148 valence electrons. The Kier molecular flexibility index (Phi) is 5.21. The van der Waals surface area contributed by atoms with E-state index in [1.54, 1.807) is 17.0 Å². The van der Waals surface area contributed by atoms with Gasteiger partial charge in [-0.2, -0.15) is 0 Å². The summed E-state index contributed by atoms with van der Waals surface area (Å²) < 4.78 is 20.2. The molecule has 0 aromatic heterocycles. The van der Waals surface area contributed by atoms with E-state index in [1.165, 1.54) is 12.1 Å². The maximum absolute atomic E-state index is 13.6. The van der Waals surface area contributed by atoms with E-state index in [9.17, 15) is 14.3 Å². The standard InChI is InChI=1S/C23H26FNO3/c1-2-13-25-22(27)20-5-3-4-6-21(20)23(25,17-8-10-18(24)11-9-17)28-15-16-7-12-19(26)14-16/h3-6,8-11,16,19,26H,2,7,12-15H2,1H3. The van der Waals surface area contributed by atoms with E-state index in [0.29, 0.717) is 25.1 Å². The van der Waals surface area contributed by atoms with Crippen molar-refractivity contribution in [3.8, 4) is 0 Å². The number of carbonyl (C=O) groups excluding carboxylic acids is 1. The van der Waals surface area contributed by atoms with Crippen LogP contribution in [0.1, 0.15) is 54.1 Å². The SMILES string of the molecule is CCCN1C(=O)c2ccccc2C1(OCC1CCC(O)C1)c1ccc(F)cc1. The number of carbonyl (C=O) groups is 1. The summed E-state index contributed by atoms with van der Waals surface area (Å²) in [4.78, 5) is 15.0. The van der Waals surface area contributed by atoms with Gasteiger partial charge in [-0.05, 0) is 49.8 Å². The van der Waals surface area contributed by atoms with Gasteiger partial charge >= 0.3 is 0 Å². The smallest absolute Gasteiger partial charge is 0.257 e. The predicted molar refractivity (Wildman–Crippen MR) is 104 cm³/mol. The average Bonchev–Trinajstić information content (AvgIpc) is 3.22. The highest BCUT2D eigenvalue weighted by Crippen LogP contribution is 2.46. The van der Waals surface area contributed by atoms with Gasteiger partial charge in [0.15, 0.2) is 5.72 Å². The van der Waals surface area contributed by atoms with Crippen LogP contribution in [0.15, 0.2) is 48.5 Å². The molecule has 0 radical (unpaired) electrons. The first-order chi connectivity index (χ1) is 13.6. The van der Waals surface area contributed by atoms with E-state index in [0.717, 1.165) is 30.4 Å². The number of ether oxygens (including phenoxy) is 1. The molecular formula is C23H26FNO3. The summed E-state index contributed by atoms with van der Waals surface area (Å²) in [5.74, 6) is -0.135. The Morgan fingerprint density at radius 3 is 2.61 bits per heavy atom. The lowest BCUT2D eigenvalue weighted by molar-refractivity contribution is -0.118. The van der Waals surface area contributed by atoms with Gasteiger partial charge in [0.1, 0.15) is 5.82 Å². The van der Waals surface area contributed by atoms with Crippen molar-refractivity contribution in [2.24, 2.45) is 5.92 Å². The number of halogens is 1. The lowest BCUT2D eigenvalue weighted by Gasteiger charge is -2.40. The summed E-state index contributed by atoms with van der Waals surface area (Å²) in [6.07, 6.45) is 2.91. The maximum atomic E-state index is 13.6. The van der Waals surface area contributed by atoms with Gasteiger partial charge in [-0.1, -0.05) is 37.3 Å². The fourth-order valence-electron chi connectivity index (χ4n) is 4.55. The number of benzene rings is 2. The van der Waals surface area contributed by atoms with Gasteiger partial charge in [0.2, 0.25) is 0 Å². The summed E-state index contributed by atoms with van der Waals surface area (Å²) in [6.45, 7) is 3.01. The lowest BCUT2D eigenvalue weighted by atomic mass is 9.93. The number of aliphatic hydroxyl groups excluding tert-OH is 1. The number of nitrogens with zero attached hydrogens (tertiary/aromatic N) is 1. The highest BCUT2D eigenvalue weighted by atomic mass is 19.1. The first-order valence-corrected chi connectivity index (χ1v) is 10.1. The van der Waals surface area contributed by atoms with Crippen molar-refractivity contribution in [1.82, 2.24) is 4.90 Å². The molecule has 1 fully saturated rings. The molecule has 2 aromatic carbocycles. The van der Waals surface area contributed by atoms with E-state index in [1.807, 2.05) is 31.2 Å². The second-order valence-corrected chi connectivity index (χ2v) is 7.80. The van der Waals surface area contributed by atoms with E-state index < -0.39 is 5.72 Å². The third kappa shape index (κ3) is 3.12. The van der Waals surface area contributed by atoms with Gasteiger partial charge in [0.25, 0.3) is 5.91 Å². The van der Waals surface area contributed by atoms with Gasteiger partial charge in [-0.25, -0.2) is 4.39 Å². The Bertz CT molecular complexity index is 853. The largest absolute Gasteiger partial charge is 0.393 e. The van der Waals surface area contributed by atoms with Crippen molar-refractivity contribution in [3.05, 3.63) is 71.0 Å². The molecule has 4 rings (SSSR count). The highest BCUT2D eigenvalue weighted by Gasteiger charge is 2.52. The van der Waals surface area contributed by atoms with Crippen LogP contribution in [-0.2, 0) is 10.5 Å². The van der Waals surface area contributed by atoms with Crippen LogP contribution < -0.4 is 0 Å². The topological polar surface area (TPSA) is 49.8 Å². The number of hydrogen-bond acceptors (Lipinski definition) is 3. The summed E-state index contributed by atoms with van der Waals surface area (Å²) in [5, 5.41) is 9.88. The average molecular weight is 383 g/mol. The minimum atomic E-state index is -1.06. The van der Waals surface area contributed by atoms with Crippen molar-refractivity contribution in [2.75, 3.05) is 13.2 Å². The molecule has 1 saturated carbocycles. The fourth-order valence-corrected chi connectivity index (χ4v) is 4.55. The minimum absolute atomic E-state index is 0.0618. The van der Waals surface area contributed by atoms with Gasteiger partial charge in [0, 0.05) is 23.2 Å². The van der Waals surface area contributed by atoms with E-state index in [-0.39, 0.29) is 23.7 Å². The van der Waals surface area contributed by atoms with Crippen LogP contribution in [0.2, 0.25) is 0 Å². The van der Waals surface area contributed by atoms with Crippen LogP contribution in [0.4, 0.5) is 4.39 Å². The lowest BCUT2D eigenvalue weighted by Crippen LogP contribution is -2.48. The molecule has 3 unspecified atom stereocenters. The Morgan fingerprint density at radius 1 is 1.18 bits per heavy atom. The molecule has 2 aliphatic rings. The number of aliphatic hydroxyl groups is 1. The Hall–Kier alpha value is -2.24. The van der Waals surface area contributed by atoms with E-state index in [2.05, 4.69) is 0 Å². The van der Waals surface area contributed by atoms with E-state index in [4.69, 9.17) is 4.74 Å². The zero-order valence-corrected chi connectivity index (χ0v) is 16.1. The molecule has 0 spiro atoms. The summed E-state index contributed by atoms with van der Waals surface area (Å²) in [6, 6.07) is 13.7. The molecule has 1 N–H and O–H groups in total. The first kappa shape index (κ1) is 19.1. The van der Waals surface area contributed by atoms with Crippen molar-refractivity contribution >= 4 is 5.91 Å². The molecular weight excluding hydrogens is 357 g/mol. The Labute approximate surface area is 164 Å². The molecule has 5 heteroatoms. The van der Waals surface area contributed by atoms with Crippen molar-refractivity contribution in [3.63, 3.8) is 0 Å². The van der Waals surface area contributed by atoms with Crippen LogP contribution in [0.3, 0.4) is 0 Å². The minimum Gasteiger partial charge on any atom is -0.393 e. The Balaban J connectivity index is 1.80. The van der Waals surface area contributed by atoms with Gasteiger partial charge < -0.3 is 14.7 Å². The molecule has 3 atom stereocenters. The van der Waals surface area contributed by atoms with Crippen LogP contribution in [0.25, 0.3) is 0 Å². The zero-order chi connectivity index (χ0) is 19.7. The molecule has 4 nitrogen and oxygen atoms in total. The van der Waals surface area contributed by atoms with E-state index >= 15 is 0 Å². The van der Waals surface area contributed by atoms with Crippen molar-refractivity contribution < 1.29 is 19.0 Å². The second kappa shape index (κ2) is 7.64. The molecule has 28 heavy (non-hydrogen) atoms. The third-order valence-corrected chi connectivity index (χ3v) is 5.87. The number of rotatable bonds is 6. The van der Waals surface area contributed by atoms with Gasteiger partial charge in [0.05, 0.1) is 12.7 Å². The van der Waals surface area contributed by atoms with Crippen LogP contribution >= 0.6 is 0 Å². The first-order valence-electron chi connectivity index (χ1n) is 10.1. The Morgan fingerprint density at radius 2 is 1.93 bits per heavy atom. The molecule has 1 aliphatic carbocycles. The number of hydrogen-bond donors (Lipinski definition) is 1. The monoisotopic (exact) mass is 383 g/mol. The molecule has 1 aliphatic heterocycles. The summed E-state index contributed by atoms with van der Waals surface area (Å²) in [5.41, 5.74) is 1.12. The fraction of sp³-hybridized carbons (Fsp3) is 0.435. The summed E-state index contributed by atoms with van der Waals surface area (Å²) in [7, 11) is 0. The molecule has 0 bridgehead atoms. The number of amides is 1. The molecule has 2 aromatic rings. The predicted octanol–water partition coefficient (Wildman–Crippen LogP) is 4.07. The van der Waals surface area contributed by atoms with Crippen LogP contribution in [-0.4, -0.2) is 35.2 Å². The van der Waals surface area contributed by atoms with Crippen molar-refractivity contribution in [1.29, 1.82) is 0 Å². The maximum Gasteiger partial charge on any atom is 0.257 e. The third-order valence-electron chi connectivity index (χ3n) is 5.87. The molecule has 1 heterocycles. The van der Waals surface area contributed by atoms with Gasteiger partial charge in [-0.3, -0.25) is 4.79 Å². The summed E-state index contributed by atoms with van der Waals surface area (Å²) >= 11 is 0. The zero-order valence-electron chi connectivity index (χ0n) is 16.1. The van der Waals surface area contributed by atoms with Gasteiger partial charge in [-0.15, -0.1) is 0 Å².